The molecule has 1 rings (SSSR count). The van der Waals surface area contributed by atoms with E-state index in [4.69, 9.17) is 0 Å². The first-order valence-corrected chi connectivity index (χ1v) is 4.11. The molecule has 0 fully saturated rings. The largest absolute Gasteiger partial charge is 0.550 e. The molecule has 1 aromatic heterocycles. The van der Waals surface area contributed by atoms with Gasteiger partial charge in [-0.3, -0.25) is 0 Å². The Balaban J connectivity index is 2.36. The van der Waals surface area contributed by atoms with Crippen LogP contribution >= 0.6 is 0 Å². The molecule has 0 spiro atoms. The van der Waals surface area contributed by atoms with Crippen molar-refractivity contribution in [3.8, 4) is 0 Å². The van der Waals surface area contributed by atoms with Gasteiger partial charge in [0.1, 0.15) is 12.4 Å². The van der Waals surface area contributed by atoms with Crippen molar-refractivity contribution in [3.63, 3.8) is 0 Å². The van der Waals surface area contributed by atoms with E-state index in [9.17, 15) is 9.90 Å². The van der Waals surface area contributed by atoms with Crippen LogP contribution in [0.25, 0.3) is 6.20 Å². The zero-order valence-corrected chi connectivity index (χ0v) is 7.35. The van der Waals surface area contributed by atoms with E-state index in [0.717, 1.165) is 0 Å². The molecule has 0 aromatic carbocycles. The van der Waals surface area contributed by atoms with Crippen molar-refractivity contribution in [1.82, 2.24) is 4.57 Å². The number of hydrogen-bond donors (Lipinski definition) is 0. The van der Waals surface area contributed by atoms with Gasteiger partial charge in [0.05, 0.1) is 12.7 Å². The van der Waals surface area contributed by atoms with Crippen LogP contribution in [0, 0.1) is 0 Å². The third kappa shape index (κ3) is 3.11. The lowest BCUT2D eigenvalue weighted by atomic mass is 10.3. The number of aromatic nitrogens is 2. The topological polar surface area (TPSA) is 48.9 Å². The van der Waals surface area contributed by atoms with Gasteiger partial charge in [0.15, 0.2) is 0 Å². The molecule has 0 aliphatic heterocycles. The molecule has 0 amide bonds. The summed E-state index contributed by atoms with van der Waals surface area (Å²) in [5.74, 6) is -0.997. The van der Waals surface area contributed by atoms with E-state index in [0.29, 0.717) is 13.0 Å². The highest BCUT2D eigenvalue weighted by Gasteiger charge is 1.99. The molecule has 4 nitrogen and oxygen atoms in total. The standard InChI is InChI=1S/C9H12N2O2/c1-2-10-6-7-11(8-10)5-3-4-9(12)13/h2,6-8H,1,3-5H2. The fraction of sp³-hybridized carbons (Fsp3) is 0.333. The molecule has 0 aliphatic rings. The highest BCUT2D eigenvalue weighted by molar-refractivity contribution is 5.63. The molecule has 1 aromatic rings. The van der Waals surface area contributed by atoms with Gasteiger partial charge in [-0.15, -0.1) is 0 Å². The number of aryl methyl sites for hydroxylation is 1. The molecule has 1 heterocycles. The van der Waals surface area contributed by atoms with Gasteiger partial charge in [-0.2, -0.15) is 0 Å². The third-order valence-electron chi connectivity index (χ3n) is 1.72. The lowest BCUT2D eigenvalue weighted by molar-refractivity contribution is -0.696. The highest BCUT2D eigenvalue weighted by atomic mass is 16.4. The van der Waals surface area contributed by atoms with Crippen molar-refractivity contribution >= 4 is 12.2 Å². The van der Waals surface area contributed by atoms with Crippen LogP contribution in [0.15, 0.2) is 25.3 Å². The number of carbonyl (C=O) groups is 1. The minimum atomic E-state index is -0.997. The highest BCUT2D eigenvalue weighted by Crippen LogP contribution is 1.88. The normalized spacial score (nSPS) is 9.85. The Bertz CT molecular complexity index is 304. The molecular weight excluding hydrogens is 168 g/mol. The molecule has 0 unspecified atom stereocenters. The molecule has 0 saturated heterocycles. The minimum absolute atomic E-state index is 0.103. The van der Waals surface area contributed by atoms with Gasteiger partial charge in [0.2, 0.25) is 6.33 Å². The van der Waals surface area contributed by atoms with Crippen LogP contribution in [0.2, 0.25) is 0 Å². The van der Waals surface area contributed by atoms with Crippen LogP contribution < -0.4 is 9.67 Å². The van der Waals surface area contributed by atoms with Crippen molar-refractivity contribution in [2.45, 2.75) is 19.4 Å². The summed E-state index contributed by atoms with van der Waals surface area (Å²) >= 11 is 0. The first kappa shape index (κ1) is 9.51. The van der Waals surface area contributed by atoms with E-state index in [2.05, 4.69) is 6.58 Å². The van der Waals surface area contributed by atoms with Crippen LogP contribution in [-0.4, -0.2) is 10.5 Å². The Hall–Kier alpha value is -1.58. The summed E-state index contributed by atoms with van der Waals surface area (Å²) in [4.78, 5) is 10.1. The van der Waals surface area contributed by atoms with Gasteiger partial charge in [-0.05, 0) is 12.8 Å². The van der Waals surface area contributed by atoms with E-state index in [1.165, 1.54) is 0 Å². The van der Waals surface area contributed by atoms with E-state index in [1.807, 2.05) is 23.3 Å². The number of imidazole rings is 1. The second kappa shape index (κ2) is 4.45. The SMILES string of the molecule is C=Cn1cc[n+](CCCC(=O)[O-])c1. The predicted octanol–water partition coefficient (Wildman–Crippen LogP) is -0.594. The van der Waals surface area contributed by atoms with Crippen molar-refractivity contribution in [2.24, 2.45) is 0 Å². The summed E-state index contributed by atoms with van der Waals surface area (Å²) in [5.41, 5.74) is 0. The average molecular weight is 180 g/mol. The molecule has 0 N–H and O–H groups in total. The molecular formula is C9H12N2O2. The van der Waals surface area contributed by atoms with Crippen LogP contribution in [0.1, 0.15) is 12.8 Å². The maximum atomic E-state index is 10.1. The first-order chi connectivity index (χ1) is 6.22. The molecule has 13 heavy (non-hydrogen) atoms. The fourth-order valence-corrected chi connectivity index (χ4v) is 1.06. The lowest BCUT2D eigenvalue weighted by Gasteiger charge is -1.98. The van der Waals surface area contributed by atoms with Crippen LogP contribution in [-0.2, 0) is 11.3 Å². The summed E-state index contributed by atoms with van der Waals surface area (Å²) in [6.45, 7) is 4.29. The fourth-order valence-electron chi connectivity index (χ4n) is 1.06. The quantitative estimate of drug-likeness (QED) is 0.568. The summed E-state index contributed by atoms with van der Waals surface area (Å²) in [6.07, 6.45) is 7.95. The Morgan fingerprint density at radius 3 is 3.00 bits per heavy atom. The summed E-state index contributed by atoms with van der Waals surface area (Å²) in [5, 5.41) is 10.1. The van der Waals surface area contributed by atoms with Crippen molar-refractivity contribution in [2.75, 3.05) is 0 Å². The molecule has 0 aliphatic carbocycles. The van der Waals surface area contributed by atoms with E-state index in [-0.39, 0.29) is 6.42 Å². The number of carbonyl (C=O) groups excluding carboxylic acids is 1. The summed E-state index contributed by atoms with van der Waals surface area (Å²) in [6, 6.07) is 0. The van der Waals surface area contributed by atoms with Gasteiger partial charge in [-0.25, -0.2) is 9.13 Å². The van der Waals surface area contributed by atoms with Crippen molar-refractivity contribution in [3.05, 3.63) is 25.3 Å². The molecule has 0 bridgehead atoms. The molecule has 4 heteroatoms. The summed E-state index contributed by atoms with van der Waals surface area (Å²) < 4.78 is 3.71. The van der Waals surface area contributed by atoms with Crippen molar-refractivity contribution in [1.29, 1.82) is 0 Å². The summed E-state index contributed by atoms with van der Waals surface area (Å²) in [7, 11) is 0. The number of rotatable bonds is 5. The Morgan fingerprint density at radius 1 is 1.69 bits per heavy atom. The molecule has 0 atom stereocenters. The van der Waals surface area contributed by atoms with Crippen LogP contribution in [0.4, 0.5) is 0 Å². The Labute approximate surface area is 76.7 Å². The van der Waals surface area contributed by atoms with Crippen LogP contribution in [0.5, 0.6) is 0 Å². The van der Waals surface area contributed by atoms with Gasteiger partial charge < -0.3 is 9.90 Å². The predicted molar refractivity (Wildman–Crippen MR) is 45.3 cm³/mol. The van der Waals surface area contributed by atoms with E-state index in [1.54, 1.807) is 10.8 Å². The number of aliphatic carboxylic acids is 1. The Kier molecular flexibility index (Phi) is 3.25. The van der Waals surface area contributed by atoms with Gasteiger partial charge in [-0.1, -0.05) is 6.58 Å². The third-order valence-corrected chi connectivity index (χ3v) is 1.72. The first-order valence-electron chi connectivity index (χ1n) is 4.11. The average Bonchev–Trinajstić information content (AvgIpc) is 2.52. The number of carboxylic acids is 1. The molecule has 0 saturated carbocycles. The van der Waals surface area contributed by atoms with Crippen LogP contribution in [0.3, 0.4) is 0 Å². The number of hydrogen-bond acceptors (Lipinski definition) is 2. The smallest absolute Gasteiger partial charge is 0.248 e. The Morgan fingerprint density at radius 2 is 2.46 bits per heavy atom. The van der Waals surface area contributed by atoms with E-state index >= 15 is 0 Å². The zero-order valence-electron chi connectivity index (χ0n) is 7.35. The zero-order chi connectivity index (χ0) is 9.68. The van der Waals surface area contributed by atoms with Gasteiger partial charge in [0, 0.05) is 5.97 Å². The maximum absolute atomic E-state index is 10.1. The molecule has 70 valence electrons. The monoisotopic (exact) mass is 180 g/mol. The lowest BCUT2D eigenvalue weighted by Crippen LogP contribution is -2.32. The maximum Gasteiger partial charge on any atom is 0.248 e. The van der Waals surface area contributed by atoms with Crippen molar-refractivity contribution < 1.29 is 14.5 Å². The van der Waals surface area contributed by atoms with Gasteiger partial charge >= 0.3 is 0 Å². The minimum Gasteiger partial charge on any atom is -0.550 e. The second-order valence-corrected chi connectivity index (χ2v) is 2.76. The molecule has 0 radical (unpaired) electrons. The second-order valence-electron chi connectivity index (χ2n) is 2.76. The van der Waals surface area contributed by atoms with Gasteiger partial charge in [0.25, 0.3) is 0 Å². The van der Waals surface area contributed by atoms with E-state index < -0.39 is 5.97 Å². The number of carboxylic acid groups (broad SMARTS) is 1. The number of nitrogens with zero attached hydrogens (tertiary/aromatic N) is 2.